The Kier molecular flexibility index (Phi) is 5.85. The number of aliphatic imine (C=N–C) groups is 1. The summed E-state index contributed by atoms with van der Waals surface area (Å²) in [6.45, 7) is 3.54. The average Bonchev–Trinajstić information content (AvgIpc) is 3.35. The van der Waals surface area contributed by atoms with Gasteiger partial charge < -0.3 is 9.97 Å². The molecule has 0 saturated heterocycles. The second-order valence-corrected chi connectivity index (χ2v) is 9.73. The summed E-state index contributed by atoms with van der Waals surface area (Å²) < 4.78 is 56.0. The third-order valence-electron chi connectivity index (χ3n) is 5.42. The number of nitrogens with zero attached hydrogens (tertiary/aromatic N) is 2. The van der Waals surface area contributed by atoms with Crippen molar-refractivity contribution in [2.45, 2.75) is 45.4 Å². The summed E-state index contributed by atoms with van der Waals surface area (Å²) in [6, 6.07) is 0. The molecule has 0 aromatic carbocycles. The third kappa shape index (κ3) is 4.16. The number of nitrogens with one attached hydrogen (secondary N) is 3. The van der Waals surface area contributed by atoms with Gasteiger partial charge >= 0.3 is 0 Å². The lowest BCUT2D eigenvalue weighted by Gasteiger charge is -2.20. The number of carbonyl (C=O) groups is 1. The van der Waals surface area contributed by atoms with Crippen molar-refractivity contribution in [2.75, 3.05) is 5.75 Å². The van der Waals surface area contributed by atoms with Crippen LogP contribution in [0.1, 0.15) is 59.5 Å². The Labute approximate surface area is 184 Å². The number of hydrogen-bond donors (Lipinski definition) is 3. The first-order valence-corrected chi connectivity index (χ1v) is 11.9. The number of halogens is 2. The number of imidazole rings is 1. The first-order valence-electron chi connectivity index (χ1n) is 10.3. The van der Waals surface area contributed by atoms with E-state index >= 15 is 4.39 Å². The SMILES string of the molecule is CCCS(=O)(=O)NC1=C(F)C(C(=O)c2c[nH]c3c2CC(c2ncc(C)[nH]2)C=N3)=C(F)CC1. The van der Waals surface area contributed by atoms with Crippen LogP contribution >= 0.6 is 0 Å². The zero-order chi connectivity index (χ0) is 23.0. The van der Waals surface area contributed by atoms with Gasteiger partial charge in [-0.05, 0) is 26.2 Å². The summed E-state index contributed by atoms with van der Waals surface area (Å²) in [5.74, 6) is -2.23. The van der Waals surface area contributed by atoms with E-state index in [1.807, 2.05) is 6.92 Å². The molecular weight excluding hydrogens is 440 g/mol. The van der Waals surface area contributed by atoms with Crippen molar-refractivity contribution >= 4 is 27.8 Å². The number of aryl methyl sites for hydroxylation is 1. The fourth-order valence-corrected chi connectivity index (χ4v) is 5.10. The standard InChI is InChI=1S/C21H23F2N5O3S/c1-3-6-32(30,31)28-16-5-4-15(22)17(18(16)23)19(29)14-10-26-21-13(14)7-12(9-25-21)20-24-8-11(2)27-20/h8-10,12,26,28H,3-7H2,1-2H3,(H,24,27). The summed E-state index contributed by atoms with van der Waals surface area (Å²) >= 11 is 0. The van der Waals surface area contributed by atoms with Crippen LogP contribution < -0.4 is 4.72 Å². The normalized spacial score (nSPS) is 18.8. The number of H-pyrrole nitrogens is 2. The zero-order valence-electron chi connectivity index (χ0n) is 17.6. The summed E-state index contributed by atoms with van der Waals surface area (Å²) in [6.07, 6.45) is 5.03. The monoisotopic (exact) mass is 463 g/mol. The second kappa shape index (κ2) is 8.45. The molecule has 3 heterocycles. The van der Waals surface area contributed by atoms with Crippen molar-refractivity contribution < 1.29 is 22.0 Å². The van der Waals surface area contributed by atoms with E-state index in [-0.39, 0.29) is 35.8 Å². The summed E-state index contributed by atoms with van der Waals surface area (Å²) in [5, 5.41) is 0. The first kappa shape index (κ1) is 22.1. The maximum absolute atomic E-state index is 15.1. The van der Waals surface area contributed by atoms with Gasteiger partial charge in [0, 0.05) is 41.8 Å². The molecule has 4 rings (SSSR count). The molecule has 170 valence electrons. The number of hydrogen-bond acceptors (Lipinski definition) is 5. The molecule has 0 amide bonds. The highest BCUT2D eigenvalue weighted by atomic mass is 32.2. The number of Topliss-reactive ketones (excluding diaryl/α,β-unsaturated/α-hetero) is 1. The minimum absolute atomic E-state index is 0.100. The Bertz CT molecular complexity index is 1270. The molecular formula is C21H23F2N5O3S. The van der Waals surface area contributed by atoms with E-state index in [4.69, 9.17) is 0 Å². The van der Waals surface area contributed by atoms with Gasteiger partial charge in [0.05, 0.1) is 22.9 Å². The average molecular weight is 464 g/mol. The molecule has 2 aromatic heterocycles. The van der Waals surface area contributed by atoms with Crippen molar-refractivity contribution in [1.82, 2.24) is 19.7 Å². The number of ketones is 1. The highest BCUT2D eigenvalue weighted by Gasteiger charge is 2.33. The quantitative estimate of drug-likeness (QED) is 0.541. The topological polar surface area (TPSA) is 120 Å². The van der Waals surface area contributed by atoms with Crippen molar-refractivity contribution in [2.24, 2.45) is 4.99 Å². The zero-order valence-corrected chi connectivity index (χ0v) is 18.4. The number of aromatic nitrogens is 3. The Balaban J connectivity index is 1.65. The van der Waals surface area contributed by atoms with Gasteiger partial charge in [-0.2, -0.15) is 0 Å². The van der Waals surface area contributed by atoms with Gasteiger partial charge in [-0.3, -0.25) is 9.52 Å². The number of rotatable bonds is 7. The molecule has 3 N–H and O–H groups in total. The highest BCUT2D eigenvalue weighted by Crippen LogP contribution is 2.37. The van der Waals surface area contributed by atoms with Crippen LogP contribution in [0.2, 0.25) is 0 Å². The number of aromatic amines is 2. The minimum Gasteiger partial charge on any atom is -0.346 e. The summed E-state index contributed by atoms with van der Waals surface area (Å²) in [4.78, 5) is 27.8. The van der Waals surface area contributed by atoms with Gasteiger partial charge in [-0.15, -0.1) is 0 Å². The van der Waals surface area contributed by atoms with Crippen LogP contribution in [-0.4, -0.2) is 41.1 Å². The number of fused-ring (bicyclic) bond motifs is 1. The number of sulfonamides is 1. The Morgan fingerprint density at radius 3 is 2.78 bits per heavy atom. The van der Waals surface area contributed by atoms with Gasteiger partial charge in [0.15, 0.2) is 5.83 Å². The van der Waals surface area contributed by atoms with E-state index in [1.54, 1.807) is 19.3 Å². The number of allylic oxidation sites excluding steroid dienone is 4. The first-order chi connectivity index (χ1) is 15.2. The lowest BCUT2D eigenvalue weighted by atomic mass is 9.90. The highest BCUT2D eigenvalue weighted by molar-refractivity contribution is 7.89. The largest absolute Gasteiger partial charge is 0.346 e. The van der Waals surface area contributed by atoms with Crippen LogP contribution in [-0.2, 0) is 16.4 Å². The molecule has 11 heteroatoms. The molecule has 0 bridgehead atoms. The van der Waals surface area contributed by atoms with E-state index in [0.29, 0.717) is 30.0 Å². The molecule has 1 aliphatic heterocycles. The van der Waals surface area contributed by atoms with E-state index < -0.39 is 33.0 Å². The second-order valence-electron chi connectivity index (χ2n) is 7.89. The minimum atomic E-state index is -3.77. The molecule has 8 nitrogen and oxygen atoms in total. The Hall–Kier alpha value is -3.08. The van der Waals surface area contributed by atoms with Gasteiger partial charge in [-0.1, -0.05) is 6.92 Å². The smallest absolute Gasteiger partial charge is 0.232 e. The van der Waals surface area contributed by atoms with Crippen LogP contribution in [0.5, 0.6) is 0 Å². The van der Waals surface area contributed by atoms with E-state index in [1.165, 1.54) is 6.20 Å². The lowest BCUT2D eigenvalue weighted by Crippen LogP contribution is -2.28. The Morgan fingerprint density at radius 1 is 1.31 bits per heavy atom. The van der Waals surface area contributed by atoms with Crippen LogP contribution in [0, 0.1) is 6.92 Å². The van der Waals surface area contributed by atoms with Gasteiger partial charge in [0.2, 0.25) is 15.8 Å². The van der Waals surface area contributed by atoms with E-state index in [9.17, 15) is 17.6 Å². The molecule has 0 fully saturated rings. The summed E-state index contributed by atoms with van der Waals surface area (Å²) in [5.41, 5.74) is 0.470. The van der Waals surface area contributed by atoms with Crippen molar-refractivity contribution in [3.63, 3.8) is 0 Å². The molecule has 1 unspecified atom stereocenters. The fraction of sp³-hybridized carbons (Fsp3) is 0.381. The molecule has 1 atom stereocenters. The van der Waals surface area contributed by atoms with Gasteiger partial charge in [0.25, 0.3) is 0 Å². The van der Waals surface area contributed by atoms with E-state index in [2.05, 4.69) is 24.7 Å². The summed E-state index contributed by atoms with van der Waals surface area (Å²) in [7, 11) is -3.77. The van der Waals surface area contributed by atoms with Crippen molar-refractivity contribution in [3.05, 3.63) is 58.0 Å². The molecule has 0 spiro atoms. The van der Waals surface area contributed by atoms with Crippen molar-refractivity contribution in [1.29, 1.82) is 0 Å². The molecule has 1 aliphatic carbocycles. The van der Waals surface area contributed by atoms with Crippen LogP contribution in [0.3, 0.4) is 0 Å². The fourth-order valence-electron chi connectivity index (χ4n) is 3.89. The van der Waals surface area contributed by atoms with Crippen LogP contribution in [0.4, 0.5) is 14.6 Å². The number of carbonyl (C=O) groups excluding carboxylic acids is 1. The molecule has 2 aliphatic rings. The lowest BCUT2D eigenvalue weighted by molar-refractivity contribution is 0.102. The third-order valence-corrected chi connectivity index (χ3v) is 6.92. The van der Waals surface area contributed by atoms with Gasteiger partial charge in [0.1, 0.15) is 17.5 Å². The Morgan fingerprint density at radius 2 is 2.09 bits per heavy atom. The maximum Gasteiger partial charge on any atom is 0.232 e. The maximum atomic E-state index is 15.1. The molecule has 0 radical (unpaired) electrons. The predicted molar refractivity (Wildman–Crippen MR) is 116 cm³/mol. The molecule has 0 saturated carbocycles. The molecule has 2 aromatic rings. The molecule has 32 heavy (non-hydrogen) atoms. The van der Waals surface area contributed by atoms with E-state index in [0.717, 1.165) is 5.69 Å². The van der Waals surface area contributed by atoms with Crippen molar-refractivity contribution in [3.8, 4) is 0 Å². The van der Waals surface area contributed by atoms with Crippen LogP contribution in [0.25, 0.3) is 0 Å². The predicted octanol–water partition coefficient (Wildman–Crippen LogP) is 3.80. The van der Waals surface area contributed by atoms with Gasteiger partial charge in [-0.25, -0.2) is 27.2 Å². The van der Waals surface area contributed by atoms with Crippen LogP contribution in [0.15, 0.2) is 40.3 Å².